The van der Waals surface area contributed by atoms with Crippen molar-refractivity contribution in [2.45, 2.75) is 30.3 Å². The third kappa shape index (κ3) is 5.48. The minimum atomic E-state index is -3.61. The molecule has 0 spiro atoms. The van der Waals surface area contributed by atoms with Gasteiger partial charge < -0.3 is 15.2 Å². The number of likely N-dealkylation sites (tertiary alicyclic amines) is 1. The smallest absolute Gasteiger partial charge is 0.253 e. The summed E-state index contributed by atoms with van der Waals surface area (Å²) >= 11 is 0. The van der Waals surface area contributed by atoms with Crippen LogP contribution in [0.5, 0.6) is 0 Å². The molecule has 3 rings (SSSR count). The number of benzene rings is 1. The molecule has 0 bridgehead atoms. The van der Waals surface area contributed by atoms with Crippen LogP contribution in [-0.2, 0) is 16.6 Å². The second-order valence-electron chi connectivity index (χ2n) is 6.28. The first-order valence-corrected chi connectivity index (χ1v) is 9.91. The highest BCUT2D eigenvalue weighted by Crippen LogP contribution is 2.15. The second kappa shape index (κ2) is 9.27. The fraction of sp³-hybridized carbons (Fsp3) is 0.438. The molecule has 1 atom stereocenters. The minimum absolute atomic E-state index is 0. The van der Waals surface area contributed by atoms with E-state index in [9.17, 15) is 13.2 Å². The number of hydrogen-bond acceptors (Lipinski definition) is 6. The first-order chi connectivity index (χ1) is 12.5. The molecule has 1 aliphatic heterocycles. The Bertz CT molecular complexity index is 842. The summed E-state index contributed by atoms with van der Waals surface area (Å²) in [5.41, 5.74) is 6.28. The van der Waals surface area contributed by atoms with Crippen LogP contribution in [0, 0.1) is 0 Å². The normalized spacial score (nSPS) is 16.9. The van der Waals surface area contributed by atoms with Crippen LogP contribution in [0.25, 0.3) is 0 Å². The molecule has 0 unspecified atom stereocenters. The molecule has 1 aliphatic rings. The van der Waals surface area contributed by atoms with Gasteiger partial charge in [0.2, 0.25) is 10.0 Å². The van der Waals surface area contributed by atoms with Gasteiger partial charge in [0, 0.05) is 37.8 Å². The van der Waals surface area contributed by atoms with Gasteiger partial charge in [-0.3, -0.25) is 4.79 Å². The van der Waals surface area contributed by atoms with Gasteiger partial charge in [-0.2, -0.15) is 0 Å². The molecule has 2 heterocycles. The fourth-order valence-corrected chi connectivity index (χ4v) is 3.89. The van der Waals surface area contributed by atoms with Crippen LogP contribution in [-0.4, -0.2) is 59.7 Å². The molecule has 0 saturated carbocycles. The molecule has 1 aromatic carbocycles. The third-order valence-electron chi connectivity index (χ3n) is 4.28. The monoisotopic (exact) mass is 414 g/mol. The highest BCUT2D eigenvalue weighted by molar-refractivity contribution is 7.89. The van der Waals surface area contributed by atoms with Crippen molar-refractivity contribution in [3.8, 4) is 0 Å². The van der Waals surface area contributed by atoms with Crippen LogP contribution < -0.4 is 10.5 Å². The van der Waals surface area contributed by atoms with Crippen molar-refractivity contribution in [2.24, 2.45) is 5.73 Å². The van der Waals surface area contributed by atoms with Gasteiger partial charge in [0.1, 0.15) is 12.7 Å². The summed E-state index contributed by atoms with van der Waals surface area (Å²) in [6.45, 7) is 2.09. The minimum Gasteiger partial charge on any atom is -0.337 e. The van der Waals surface area contributed by atoms with Crippen LogP contribution in [0.3, 0.4) is 0 Å². The van der Waals surface area contributed by atoms with Crippen molar-refractivity contribution >= 4 is 28.3 Å². The number of sulfonamides is 1. The van der Waals surface area contributed by atoms with Gasteiger partial charge in [-0.15, -0.1) is 22.6 Å². The van der Waals surface area contributed by atoms with Crippen molar-refractivity contribution in [3.63, 3.8) is 0 Å². The summed E-state index contributed by atoms with van der Waals surface area (Å²) in [5.74, 6) is -0.121. The van der Waals surface area contributed by atoms with Crippen LogP contribution in [0.2, 0.25) is 0 Å². The van der Waals surface area contributed by atoms with E-state index >= 15 is 0 Å². The molecule has 2 aromatic rings. The van der Waals surface area contributed by atoms with Crippen molar-refractivity contribution < 1.29 is 13.2 Å². The molecule has 148 valence electrons. The fourth-order valence-electron chi connectivity index (χ4n) is 2.82. The molecule has 9 nitrogen and oxygen atoms in total. The number of hydrogen-bond donors (Lipinski definition) is 2. The van der Waals surface area contributed by atoms with E-state index < -0.39 is 10.0 Å². The Kier molecular flexibility index (Phi) is 7.31. The van der Waals surface area contributed by atoms with Gasteiger partial charge in [-0.25, -0.2) is 13.1 Å². The predicted octanol–water partition coefficient (Wildman–Crippen LogP) is 0.242. The lowest BCUT2D eigenvalue weighted by Gasteiger charge is -2.16. The molecule has 3 N–H and O–H groups in total. The molecule has 0 aliphatic carbocycles. The quantitative estimate of drug-likeness (QED) is 0.625. The molecule has 27 heavy (non-hydrogen) atoms. The number of nitrogens with one attached hydrogen (secondary N) is 1. The van der Waals surface area contributed by atoms with E-state index in [4.69, 9.17) is 5.73 Å². The third-order valence-corrected chi connectivity index (χ3v) is 5.75. The zero-order valence-corrected chi connectivity index (χ0v) is 16.3. The molecule has 1 saturated heterocycles. The summed E-state index contributed by atoms with van der Waals surface area (Å²) in [4.78, 5) is 14.2. The zero-order chi connectivity index (χ0) is 18.6. The van der Waals surface area contributed by atoms with Gasteiger partial charge in [-0.1, -0.05) is 0 Å². The largest absolute Gasteiger partial charge is 0.337 e. The van der Waals surface area contributed by atoms with Gasteiger partial charge in [0.15, 0.2) is 0 Å². The number of carbonyl (C=O) groups excluding carboxylic acids is 1. The lowest BCUT2D eigenvalue weighted by Crippen LogP contribution is -2.32. The van der Waals surface area contributed by atoms with Crippen LogP contribution in [0.4, 0.5) is 0 Å². The second-order valence-corrected chi connectivity index (χ2v) is 8.04. The summed E-state index contributed by atoms with van der Waals surface area (Å²) < 4.78 is 29.0. The van der Waals surface area contributed by atoms with Gasteiger partial charge in [0.05, 0.1) is 4.90 Å². The molecule has 1 fully saturated rings. The summed E-state index contributed by atoms with van der Waals surface area (Å²) in [6, 6.07) is 5.99. The van der Waals surface area contributed by atoms with E-state index in [0.29, 0.717) is 38.2 Å². The first kappa shape index (κ1) is 21.3. The molecule has 0 radical (unpaired) electrons. The van der Waals surface area contributed by atoms with Gasteiger partial charge in [-0.05, 0) is 37.1 Å². The molecule has 1 aromatic heterocycles. The number of carbonyl (C=O) groups is 1. The van der Waals surface area contributed by atoms with Crippen molar-refractivity contribution in [3.05, 3.63) is 42.5 Å². The maximum absolute atomic E-state index is 12.4. The summed E-state index contributed by atoms with van der Waals surface area (Å²) in [7, 11) is -3.61. The Morgan fingerprint density at radius 2 is 1.89 bits per heavy atom. The Morgan fingerprint density at radius 3 is 2.48 bits per heavy atom. The van der Waals surface area contributed by atoms with Crippen LogP contribution in [0.1, 0.15) is 23.2 Å². The molecule has 1 amide bonds. The number of aromatic nitrogens is 3. The number of aryl methyl sites for hydroxylation is 1. The lowest BCUT2D eigenvalue weighted by molar-refractivity contribution is 0.0791. The molecular weight excluding hydrogens is 392 g/mol. The Hall–Kier alpha value is -2.01. The number of amides is 1. The highest BCUT2D eigenvalue weighted by atomic mass is 35.5. The molecular formula is C16H23ClN6O3S. The summed E-state index contributed by atoms with van der Waals surface area (Å²) in [5, 5.41) is 7.38. The number of nitrogens with zero attached hydrogens (tertiary/aromatic N) is 4. The van der Waals surface area contributed by atoms with Crippen molar-refractivity contribution in [2.75, 3.05) is 19.6 Å². The van der Waals surface area contributed by atoms with E-state index in [2.05, 4.69) is 14.9 Å². The van der Waals surface area contributed by atoms with E-state index in [1.807, 2.05) is 0 Å². The highest BCUT2D eigenvalue weighted by Gasteiger charge is 2.24. The first-order valence-electron chi connectivity index (χ1n) is 8.43. The average molecular weight is 415 g/mol. The maximum Gasteiger partial charge on any atom is 0.253 e. The molecule has 11 heteroatoms. The number of nitrogens with two attached hydrogens (primary N) is 1. The Morgan fingerprint density at radius 1 is 1.22 bits per heavy atom. The SMILES string of the molecule is Cl.N[C@H]1CCN(C(=O)c2ccc(S(=O)(=O)NCCCn3cnnc3)cc2)C1. The van der Waals surface area contributed by atoms with Crippen molar-refractivity contribution in [1.82, 2.24) is 24.4 Å². The lowest BCUT2D eigenvalue weighted by atomic mass is 10.2. The predicted molar refractivity (Wildman–Crippen MR) is 102 cm³/mol. The van der Waals surface area contributed by atoms with Crippen LogP contribution >= 0.6 is 12.4 Å². The summed E-state index contributed by atoms with van der Waals surface area (Å²) in [6.07, 6.45) is 4.56. The standard InChI is InChI=1S/C16H22N6O3S.ClH/c17-14-6-9-22(10-14)16(23)13-2-4-15(5-3-13)26(24,25)20-7-1-8-21-11-18-19-12-21;/h2-5,11-12,14,20H,1,6-10,17H2;1H/t14-;/m0./s1. The van der Waals surface area contributed by atoms with Gasteiger partial charge >= 0.3 is 0 Å². The number of halogens is 1. The van der Waals surface area contributed by atoms with E-state index in [1.165, 1.54) is 24.3 Å². The Balaban J connectivity index is 0.00000261. The van der Waals surface area contributed by atoms with E-state index in [1.54, 1.807) is 22.1 Å². The number of rotatable bonds is 7. The van der Waals surface area contributed by atoms with E-state index in [-0.39, 0.29) is 29.3 Å². The topological polar surface area (TPSA) is 123 Å². The van der Waals surface area contributed by atoms with Crippen LogP contribution in [0.15, 0.2) is 41.8 Å². The van der Waals surface area contributed by atoms with Gasteiger partial charge in [0.25, 0.3) is 5.91 Å². The average Bonchev–Trinajstić information content (AvgIpc) is 3.30. The maximum atomic E-state index is 12.4. The van der Waals surface area contributed by atoms with Crippen molar-refractivity contribution in [1.29, 1.82) is 0 Å². The zero-order valence-electron chi connectivity index (χ0n) is 14.7. The Labute approximate surface area is 164 Å². The van der Waals surface area contributed by atoms with E-state index in [0.717, 1.165) is 6.42 Å².